The third-order valence-electron chi connectivity index (χ3n) is 3.75. The summed E-state index contributed by atoms with van der Waals surface area (Å²) in [6, 6.07) is 5.95. The lowest BCUT2D eigenvalue weighted by molar-refractivity contribution is -0.126. The maximum absolute atomic E-state index is 11.8. The van der Waals surface area contributed by atoms with Gasteiger partial charge in [0, 0.05) is 29.6 Å². The second-order valence-corrected chi connectivity index (χ2v) is 6.47. The molecule has 1 heterocycles. The molecule has 2 aromatic rings. The van der Waals surface area contributed by atoms with Crippen LogP contribution < -0.4 is 10.1 Å². The van der Waals surface area contributed by atoms with E-state index in [-0.39, 0.29) is 18.1 Å². The van der Waals surface area contributed by atoms with Crippen molar-refractivity contribution in [1.82, 2.24) is 15.2 Å². The highest BCUT2D eigenvalue weighted by Crippen LogP contribution is 2.29. The number of rotatable bonds is 7. The summed E-state index contributed by atoms with van der Waals surface area (Å²) in [5, 5.41) is 3.97. The van der Waals surface area contributed by atoms with Crippen LogP contribution in [0, 0.1) is 5.92 Å². The maximum Gasteiger partial charge on any atom is 0.225 e. The monoisotopic (exact) mass is 317 g/mol. The van der Waals surface area contributed by atoms with Crippen LogP contribution in [0.15, 0.2) is 24.4 Å². The van der Waals surface area contributed by atoms with Crippen molar-refractivity contribution in [2.75, 3.05) is 20.6 Å². The van der Waals surface area contributed by atoms with Gasteiger partial charge in [-0.05, 0) is 45.1 Å². The van der Waals surface area contributed by atoms with Gasteiger partial charge in [-0.2, -0.15) is 0 Å². The van der Waals surface area contributed by atoms with E-state index in [2.05, 4.69) is 29.3 Å². The highest BCUT2D eigenvalue weighted by molar-refractivity contribution is 5.89. The Kier molecular flexibility index (Phi) is 5.66. The lowest BCUT2D eigenvalue weighted by Gasteiger charge is -2.19. The third kappa shape index (κ3) is 4.48. The molecule has 0 aliphatic rings. The molecular formula is C18H27N3O2. The van der Waals surface area contributed by atoms with Crippen LogP contribution in [0.1, 0.15) is 26.3 Å². The van der Waals surface area contributed by atoms with Crippen molar-refractivity contribution in [3.8, 4) is 5.75 Å². The minimum Gasteiger partial charge on any atom is -0.470 e. The number of aromatic amines is 1. The normalized spacial score (nSPS) is 12.8. The van der Waals surface area contributed by atoms with Gasteiger partial charge in [0.15, 0.2) is 6.23 Å². The molecule has 23 heavy (non-hydrogen) atoms. The van der Waals surface area contributed by atoms with E-state index >= 15 is 0 Å². The highest BCUT2D eigenvalue weighted by atomic mass is 16.5. The van der Waals surface area contributed by atoms with Gasteiger partial charge in [0.1, 0.15) is 5.75 Å². The zero-order chi connectivity index (χ0) is 17.0. The molecule has 5 heteroatoms. The number of amides is 1. The number of aromatic nitrogens is 1. The molecule has 1 atom stereocenters. The summed E-state index contributed by atoms with van der Waals surface area (Å²) in [4.78, 5) is 17.3. The van der Waals surface area contributed by atoms with Crippen LogP contribution in [-0.2, 0) is 11.2 Å². The van der Waals surface area contributed by atoms with E-state index in [1.165, 1.54) is 5.56 Å². The van der Waals surface area contributed by atoms with Crippen molar-refractivity contribution in [2.24, 2.45) is 5.92 Å². The fourth-order valence-electron chi connectivity index (χ4n) is 2.45. The van der Waals surface area contributed by atoms with Gasteiger partial charge < -0.3 is 19.9 Å². The SMILES string of the molecule is CC(NC(=O)C(C)C)Oc1cccc2[nH]cc(CCN(C)C)c12. The van der Waals surface area contributed by atoms with Crippen molar-refractivity contribution >= 4 is 16.8 Å². The van der Waals surface area contributed by atoms with Gasteiger partial charge in [-0.15, -0.1) is 0 Å². The van der Waals surface area contributed by atoms with Crippen molar-refractivity contribution < 1.29 is 9.53 Å². The maximum atomic E-state index is 11.8. The van der Waals surface area contributed by atoms with Crippen LogP contribution in [0.4, 0.5) is 0 Å². The molecule has 0 bridgehead atoms. The van der Waals surface area contributed by atoms with Crippen LogP contribution in [0.5, 0.6) is 5.75 Å². The number of carbonyl (C=O) groups excluding carboxylic acids is 1. The molecule has 0 saturated heterocycles. The first-order chi connectivity index (χ1) is 10.9. The standard InChI is InChI=1S/C18H27N3O2/c1-12(2)18(22)20-13(3)23-16-8-6-7-15-17(16)14(11-19-15)9-10-21(4)5/h6-8,11-13,19H,9-10H2,1-5H3,(H,20,22). The Bertz CT molecular complexity index is 661. The number of H-pyrrole nitrogens is 1. The molecule has 1 aromatic carbocycles. The molecule has 1 unspecified atom stereocenters. The summed E-state index contributed by atoms with van der Waals surface area (Å²) in [7, 11) is 4.13. The first-order valence-corrected chi connectivity index (χ1v) is 8.09. The second-order valence-electron chi connectivity index (χ2n) is 6.47. The molecular weight excluding hydrogens is 290 g/mol. The Balaban J connectivity index is 2.19. The van der Waals surface area contributed by atoms with Crippen molar-refractivity contribution in [2.45, 2.75) is 33.4 Å². The first-order valence-electron chi connectivity index (χ1n) is 8.09. The van der Waals surface area contributed by atoms with Crippen molar-refractivity contribution in [1.29, 1.82) is 0 Å². The van der Waals surface area contributed by atoms with Gasteiger partial charge in [-0.1, -0.05) is 19.9 Å². The fraction of sp³-hybridized carbons (Fsp3) is 0.500. The van der Waals surface area contributed by atoms with E-state index in [0.717, 1.165) is 29.6 Å². The van der Waals surface area contributed by atoms with Crippen LogP contribution in [-0.4, -0.2) is 42.7 Å². The molecule has 5 nitrogen and oxygen atoms in total. The van der Waals surface area contributed by atoms with Crippen LogP contribution in [0.3, 0.4) is 0 Å². The summed E-state index contributed by atoms with van der Waals surface area (Å²) in [6.45, 7) is 6.56. The van der Waals surface area contributed by atoms with E-state index in [1.807, 2.05) is 45.2 Å². The third-order valence-corrected chi connectivity index (χ3v) is 3.75. The van der Waals surface area contributed by atoms with Gasteiger partial charge in [-0.3, -0.25) is 4.79 Å². The molecule has 0 radical (unpaired) electrons. The minimum atomic E-state index is -0.368. The molecule has 0 aliphatic heterocycles. The van der Waals surface area contributed by atoms with Crippen LogP contribution in [0.25, 0.3) is 10.9 Å². The molecule has 0 saturated carbocycles. The number of ether oxygens (including phenoxy) is 1. The fourth-order valence-corrected chi connectivity index (χ4v) is 2.45. The first kappa shape index (κ1) is 17.3. The Morgan fingerprint density at radius 1 is 1.30 bits per heavy atom. The lowest BCUT2D eigenvalue weighted by atomic mass is 10.1. The summed E-state index contributed by atoms with van der Waals surface area (Å²) in [5.41, 5.74) is 2.28. The molecule has 126 valence electrons. The minimum absolute atomic E-state index is 0.00780. The molecule has 2 N–H and O–H groups in total. The number of nitrogens with zero attached hydrogens (tertiary/aromatic N) is 1. The quantitative estimate of drug-likeness (QED) is 0.772. The smallest absolute Gasteiger partial charge is 0.225 e. The Labute approximate surface area is 138 Å². The van der Waals surface area contributed by atoms with Gasteiger partial charge in [0.05, 0.1) is 0 Å². The van der Waals surface area contributed by atoms with Crippen LogP contribution in [0.2, 0.25) is 0 Å². The Morgan fingerprint density at radius 3 is 2.70 bits per heavy atom. The molecule has 1 aromatic heterocycles. The molecule has 0 fully saturated rings. The molecule has 1 amide bonds. The molecule has 0 spiro atoms. The Hall–Kier alpha value is -2.01. The van der Waals surface area contributed by atoms with Gasteiger partial charge in [-0.25, -0.2) is 0 Å². The average molecular weight is 317 g/mol. The molecule has 2 rings (SSSR count). The predicted molar refractivity (Wildman–Crippen MR) is 93.6 cm³/mol. The van der Waals surface area contributed by atoms with E-state index in [1.54, 1.807) is 0 Å². The second kappa shape index (κ2) is 7.51. The number of benzene rings is 1. The predicted octanol–water partition coefficient (Wildman–Crippen LogP) is 2.77. The van der Waals surface area contributed by atoms with Gasteiger partial charge in [0.25, 0.3) is 0 Å². The number of hydrogen-bond acceptors (Lipinski definition) is 3. The van der Waals surface area contributed by atoms with E-state index in [9.17, 15) is 4.79 Å². The summed E-state index contributed by atoms with van der Waals surface area (Å²) >= 11 is 0. The van der Waals surface area contributed by atoms with E-state index in [4.69, 9.17) is 4.74 Å². The highest BCUT2D eigenvalue weighted by Gasteiger charge is 2.15. The summed E-state index contributed by atoms with van der Waals surface area (Å²) in [6.07, 6.45) is 2.62. The zero-order valence-corrected chi connectivity index (χ0v) is 14.6. The molecule has 0 aliphatic carbocycles. The number of hydrogen-bond donors (Lipinski definition) is 2. The van der Waals surface area contributed by atoms with Gasteiger partial charge >= 0.3 is 0 Å². The largest absolute Gasteiger partial charge is 0.470 e. The summed E-state index contributed by atoms with van der Waals surface area (Å²) < 4.78 is 5.99. The Morgan fingerprint density at radius 2 is 2.04 bits per heavy atom. The number of fused-ring (bicyclic) bond motifs is 1. The number of nitrogens with one attached hydrogen (secondary N) is 2. The van der Waals surface area contributed by atoms with Crippen molar-refractivity contribution in [3.63, 3.8) is 0 Å². The van der Waals surface area contributed by atoms with E-state index < -0.39 is 0 Å². The number of likely N-dealkylation sites (N-methyl/N-ethyl adjacent to an activating group) is 1. The zero-order valence-electron chi connectivity index (χ0n) is 14.6. The average Bonchev–Trinajstić information content (AvgIpc) is 2.89. The summed E-state index contributed by atoms with van der Waals surface area (Å²) in [5.74, 6) is 0.736. The topological polar surface area (TPSA) is 57.4 Å². The number of carbonyl (C=O) groups is 1. The van der Waals surface area contributed by atoms with Crippen LogP contribution >= 0.6 is 0 Å². The van der Waals surface area contributed by atoms with Crippen molar-refractivity contribution in [3.05, 3.63) is 30.0 Å². The van der Waals surface area contributed by atoms with E-state index in [0.29, 0.717) is 0 Å². The van der Waals surface area contributed by atoms with Gasteiger partial charge in [0.2, 0.25) is 5.91 Å². The lowest BCUT2D eigenvalue weighted by Crippen LogP contribution is -2.39.